The average molecular weight is 328 g/mol. The predicted octanol–water partition coefficient (Wildman–Crippen LogP) is 2.42. The number of nitrogens with zero attached hydrogens (tertiary/aromatic N) is 2. The largest absolute Gasteiger partial charge is 0.618 e. The van der Waals surface area contributed by atoms with Gasteiger partial charge in [0.2, 0.25) is 6.20 Å². The van der Waals surface area contributed by atoms with E-state index in [0.29, 0.717) is 24.6 Å². The standard InChI is InChI=1S/C18H20N2O4/c1-14-7-8-17(11-20(14)22)23-13-16-9-10-19(16)18(21)24-12-15-5-3-2-4-6-15/h2-8,11,16H,9-10,12-13H2,1H3/t16-/m1/s1. The molecule has 1 aromatic carbocycles. The Labute approximate surface area is 140 Å². The molecule has 6 nitrogen and oxygen atoms in total. The van der Waals surface area contributed by atoms with Gasteiger partial charge < -0.3 is 19.6 Å². The summed E-state index contributed by atoms with van der Waals surface area (Å²) in [5.74, 6) is 0.500. The van der Waals surface area contributed by atoms with E-state index >= 15 is 0 Å². The molecule has 6 heteroatoms. The monoisotopic (exact) mass is 328 g/mol. The van der Waals surface area contributed by atoms with Gasteiger partial charge in [0.15, 0.2) is 11.4 Å². The van der Waals surface area contributed by atoms with Crippen molar-refractivity contribution >= 4 is 6.09 Å². The Bertz CT molecular complexity index is 705. The summed E-state index contributed by atoms with van der Waals surface area (Å²) >= 11 is 0. The van der Waals surface area contributed by atoms with E-state index in [0.717, 1.165) is 16.7 Å². The number of hydrogen-bond acceptors (Lipinski definition) is 4. The molecule has 1 aromatic heterocycles. The molecule has 0 N–H and O–H groups in total. The first kappa shape index (κ1) is 16.1. The van der Waals surface area contributed by atoms with Crippen LogP contribution in [0.4, 0.5) is 4.79 Å². The van der Waals surface area contributed by atoms with Crippen molar-refractivity contribution in [2.75, 3.05) is 13.2 Å². The van der Waals surface area contributed by atoms with Crippen LogP contribution in [-0.2, 0) is 11.3 Å². The number of carbonyl (C=O) groups excluding carboxylic acids is 1. The van der Waals surface area contributed by atoms with Gasteiger partial charge in [-0.2, -0.15) is 4.73 Å². The molecular formula is C18H20N2O4. The smallest absolute Gasteiger partial charge is 0.410 e. The van der Waals surface area contributed by atoms with Crippen LogP contribution < -0.4 is 9.47 Å². The second-order valence-corrected chi connectivity index (χ2v) is 5.82. The van der Waals surface area contributed by atoms with Crippen molar-refractivity contribution in [2.45, 2.75) is 26.0 Å². The number of likely N-dealkylation sites (tertiary alicyclic amines) is 1. The molecule has 0 aliphatic carbocycles. The van der Waals surface area contributed by atoms with Crippen molar-refractivity contribution in [2.24, 2.45) is 0 Å². The Balaban J connectivity index is 1.47. The summed E-state index contributed by atoms with van der Waals surface area (Å²) in [6.07, 6.45) is 1.93. The van der Waals surface area contributed by atoms with Gasteiger partial charge in [-0.05, 0) is 18.1 Å². The molecule has 0 spiro atoms. The van der Waals surface area contributed by atoms with Crippen molar-refractivity contribution in [3.63, 3.8) is 0 Å². The Hall–Kier alpha value is -2.76. The SMILES string of the molecule is Cc1ccc(OC[C@H]2CCN2C(=O)OCc2ccccc2)c[n+]1[O-]. The average Bonchev–Trinajstić information content (AvgIpc) is 2.56. The zero-order valence-electron chi connectivity index (χ0n) is 13.6. The third kappa shape index (κ3) is 3.76. The molecule has 0 unspecified atom stereocenters. The first-order valence-electron chi connectivity index (χ1n) is 7.93. The maximum absolute atomic E-state index is 12.1. The van der Waals surface area contributed by atoms with Gasteiger partial charge in [-0.3, -0.25) is 0 Å². The van der Waals surface area contributed by atoms with Crippen LogP contribution in [0.3, 0.4) is 0 Å². The Morgan fingerprint density at radius 2 is 2.08 bits per heavy atom. The number of aromatic nitrogens is 1. The van der Waals surface area contributed by atoms with E-state index < -0.39 is 0 Å². The van der Waals surface area contributed by atoms with Gasteiger partial charge >= 0.3 is 6.09 Å². The molecule has 2 aromatic rings. The summed E-state index contributed by atoms with van der Waals surface area (Å²) < 4.78 is 11.7. The van der Waals surface area contributed by atoms with Crippen LogP contribution in [0.5, 0.6) is 5.75 Å². The summed E-state index contributed by atoms with van der Waals surface area (Å²) in [5, 5.41) is 11.5. The van der Waals surface area contributed by atoms with Crippen LogP contribution in [-0.4, -0.2) is 30.2 Å². The second-order valence-electron chi connectivity index (χ2n) is 5.82. The number of pyridine rings is 1. The Kier molecular flexibility index (Phi) is 4.84. The molecule has 0 saturated carbocycles. The van der Waals surface area contributed by atoms with Gasteiger partial charge in [0.1, 0.15) is 13.2 Å². The fourth-order valence-corrected chi connectivity index (χ4v) is 2.47. The van der Waals surface area contributed by atoms with Gasteiger partial charge in [0.05, 0.1) is 6.04 Å². The van der Waals surface area contributed by atoms with E-state index in [1.165, 1.54) is 6.20 Å². The number of rotatable bonds is 5. The Morgan fingerprint density at radius 3 is 2.75 bits per heavy atom. The van der Waals surface area contributed by atoms with Crippen molar-refractivity contribution in [1.29, 1.82) is 0 Å². The van der Waals surface area contributed by atoms with Crippen LogP contribution in [0.25, 0.3) is 0 Å². The number of ether oxygens (including phenoxy) is 2. The molecule has 1 fully saturated rings. The summed E-state index contributed by atoms with van der Waals surface area (Å²) in [7, 11) is 0. The molecule has 1 saturated heterocycles. The number of aryl methyl sites for hydroxylation is 1. The second kappa shape index (κ2) is 7.21. The predicted molar refractivity (Wildman–Crippen MR) is 87.4 cm³/mol. The summed E-state index contributed by atoms with van der Waals surface area (Å²) in [4.78, 5) is 13.8. The molecule has 1 amide bonds. The highest BCUT2D eigenvalue weighted by Gasteiger charge is 2.34. The molecule has 0 bridgehead atoms. The lowest BCUT2D eigenvalue weighted by molar-refractivity contribution is -0.612. The van der Waals surface area contributed by atoms with Crippen LogP contribution >= 0.6 is 0 Å². The molecule has 1 atom stereocenters. The molecule has 0 radical (unpaired) electrons. The Morgan fingerprint density at radius 1 is 1.29 bits per heavy atom. The van der Waals surface area contributed by atoms with Gasteiger partial charge in [-0.15, -0.1) is 0 Å². The summed E-state index contributed by atoms with van der Waals surface area (Å²) in [5.41, 5.74) is 1.57. The zero-order chi connectivity index (χ0) is 16.9. The van der Waals surface area contributed by atoms with Crippen LogP contribution in [0, 0.1) is 12.1 Å². The van der Waals surface area contributed by atoms with E-state index in [1.54, 1.807) is 24.0 Å². The van der Waals surface area contributed by atoms with E-state index in [1.807, 2.05) is 30.3 Å². The fraction of sp³-hybridized carbons (Fsp3) is 0.333. The lowest BCUT2D eigenvalue weighted by Gasteiger charge is -2.39. The van der Waals surface area contributed by atoms with Crippen molar-refractivity contribution in [3.8, 4) is 5.75 Å². The molecule has 1 aliphatic rings. The number of carbonyl (C=O) groups is 1. The highest BCUT2D eigenvalue weighted by molar-refractivity contribution is 5.69. The van der Waals surface area contributed by atoms with E-state index in [-0.39, 0.29) is 18.7 Å². The summed E-state index contributed by atoms with van der Waals surface area (Å²) in [6, 6.07) is 13.0. The minimum atomic E-state index is -0.332. The lowest BCUT2D eigenvalue weighted by Crippen LogP contribution is -2.54. The third-order valence-corrected chi connectivity index (χ3v) is 4.11. The molecule has 126 valence electrons. The summed E-state index contributed by atoms with van der Waals surface area (Å²) in [6.45, 7) is 3.01. The van der Waals surface area contributed by atoms with Gasteiger partial charge in [-0.25, -0.2) is 4.79 Å². The van der Waals surface area contributed by atoms with Crippen molar-refractivity contribution < 1.29 is 19.0 Å². The van der Waals surface area contributed by atoms with E-state index in [4.69, 9.17) is 9.47 Å². The minimum Gasteiger partial charge on any atom is -0.618 e. The quantitative estimate of drug-likeness (QED) is 0.624. The van der Waals surface area contributed by atoms with Gasteiger partial charge in [0, 0.05) is 19.5 Å². The van der Waals surface area contributed by atoms with E-state index in [9.17, 15) is 10.0 Å². The van der Waals surface area contributed by atoms with Crippen LogP contribution in [0.1, 0.15) is 17.7 Å². The topological polar surface area (TPSA) is 65.7 Å². The molecule has 3 rings (SSSR count). The van der Waals surface area contributed by atoms with Crippen molar-refractivity contribution in [1.82, 2.24) is 4.90 Å². The number of benzene rings is 1. The van der Waals surface area contributed by atoms with Gasteiger partial charge in [-0.1, -0.05) is 30.3 Å². The van der Waals surface area contributed by atoms with Crippen molar-refractivity contribution in [3.05, 3.63) is 65.1 Å². The molecular weight excluding hydrogens is 308 g/mol. The first-order valence-corrected chi connectivity index (χ1v) is 7.93. The minimum absolute atomic E-state index is 0.0188. The lowest BCUT2D eigenvalue weighted by atomic mass is 10.1. The van der Waals surface area contributed by atoms with Crippen LogP contribution in [0.2, 0.25) is 0 Å². The normalized spacial score (nSPS) is 16.4. The molecule has 2 heterocycles. The molecule has 24 heavy (non-hydrogen) atoms. The number of hydrogen-bond donors (Lipinski definition) is 0. The maximum Gasteiger partial charge on any atom is 0.410 e. The molecule has 1 aliphatic heterocycles. The first-order chi connectivity index (χ1) is 11.6. The van der Waals surface area contributed by atoms with E-state index in [2.05, 4.69) is 0 Å². The van der Waals surface area contributed by atoms with Gasteiger partial charge in [0.25, 0.3) is 0 Å². The third-order valence-electron chi connectivity index (χ3n) is 4.11. The highest BCUT2D eigenvalue weighted by Crippen LogP contribution is 2.20. The van der Waals surface area contributed by atoms with Crippen LogP contribution in [0.15, 0.2) is 48.7 Å². The maximum atomic E-state index is 12.1. The fourth-order valence-electron chi connectivity index (χ4n) is 2.47. The highest BCUT2D eigenvalue weighted by atomic mass is 16.6. The number of amides is 1. The zero-order valence-corrected chi connectivity index (χ0v) is 13.6.